The van der Waals surface area contributed by atoms with Crippen LogP contribution < -0.4 is 11.7 Å². The molecule has 0 aliphatic heterocycles. The quantitative estimate of drug-likeness (QED) is 0.539. The van der Waals surface area contributed by atoms with Crippen LogP contribution in [0.5, 0.6) is 0 Å². The highest BCUT2D eigenvalue weighted by Crippen LogP contribution is 2.07. The second-order valence-electron chi connectivity index (χ2n) is 1.64. The van der Waals surface area contributed by atoms with Crippen molar-refractivity contribution in [3.8, 4) is 0 Å². The summed E-state index contributed by atoms with van der Waals surface area (Å²) in [5, 5.41) is 0. The van der Waals surface area contributed by atoms with E-state index in [2.05, 4.69) is 16.0 Å². The van der Waals surface area contributed by atoms with Crippen LogP contribution in [0.15, 0.2) is 34.7 Å². The van der Waals surface area contributed by atoms with Gasteiger partial charge in [0.05, 0.1) is 5.69 Å². The van der Waals surface area contributed by atoms with Gasteiger partial charge in [-0.05, 0) is 12.1 Å². The highest BCUT2D eigenvalue weighted by Gasteiger charge is 1.82. The monoisotopic (exact) mass is 223 g/mol. The molecule has 7 heteroatoms. The summed E-state index contributed by atoms with van der Waals surface area (Å²) in [5.41, 5.74) is 0.454. The second kappa shape index (κ2) is 9.14. The maximum absolute atomic E-state index is 10.0. The van der Waals surface area contributed by atoms with Crippen molar-refractivity contribution in [2.24, 2.45) is 16.0 Å². The number of rotatable bonds is 1. The van der Waals surface area contributed by atoms with Gasteiger partial charge in [-0.2, -0.15) is 8.42 Å². The summed E-state index contributed by atoms with van der Waals surface area (Å²) in [6.07, 6.45) is 0. The van der Waals surface area contributed by atoms with Gasteiger partial charge in [0.2, 0.25) is 0 Å². The molecule has 0 aromatic heterocycles. The largest absolute Gasteiger partial charge is 0.316 e. The van der Waals surface area contributed by atoms with E-state index < -0.39 is 10.5 Å². The minimum absolute atomic E-state index is 0. The molecule has 1 rings (SSSR count). The Morgan fingerprint density at radius 2 is 1.54 bits per heavy atom. The molecule has 5 nitrogen and oxygen atoms in total. The topological polar surface area (TPSA) is 98.5 Å². The highest BCUT2D eigenvalue weighted by atomic mass is 35.5. The lowest BCUT2D eigenvalue weighted by molar-refractivity contribution is 0.622. The zero-order valence-corrected chi connectivity index (χ0v) is 8.25. The predicted octanol–water partition coefficient (Wildman–Crippen LogP) is 0.621. The van der Waals surface area contributed by atoms with Gasteiger partial charge in [0, 0.05) is 0 Å². The summed E-state index contributed by atoms with van der Waals surface area (Å²) in [5.74, 6) is 8.00. The Morgan fingerprint density at radius 1 is 1.08 bits per heavy atom. The lowest BCUT2D eigenvalue weighted by atomic mass is 10.3. The van der Waals surface area contributed by atoms with Gasteiger partial charge in [-0.1, -0.05) is 18.2 Å². The molecule has 0 aliphatic rings. The molecular formula is C6H10ClN3O2S. The lowest BCUT2D eigenvalue weighted by Gasteiger charge is -1.83. The SMILES string of the molecule is Cl.NN.O=S(=O)=Nc1ccccc1. The van der Waals surface area contributed by atoms with E-state index in [1.54, 1.807) is 30.3 Å². The van der Waals surface area contributed by atoms with Crippen LogP contribution in [0.1, 0.15) is 0 Å². The van der Waals surface area contributed by atoms with Crippen molar-refractivity contribution in [2.75, 3.05) is 0 Å². The van der Waals surface area contributed by atoms with Crippen LogP contribution >= 0.6 is 12.4 Å². The number of hydrogen-bond acceptors (Lipinski definition) is 5. The Labute approximate surface area is 83.8 Å². The molecule has 0 bridgehead atoms. The average Bonchev–Trinajstić information content (AvgIpc) is 2.08. The summed E-state index contributed by atoms with van der Waals surface area (Å²) in [6.45, 7) is 0. The molecule has 0 fully saturated rings. The first-order valence-electron chi connectivity index (χ1n) is 2.98. The molecule has 0 heterocycles. The first kappa shape index (κ1) is 14.6. The average molecular weight is 224 g/mol. The van der Waals surface area contributed by atoms with Gasteiger partial charge in [-0.25, -0.2) is 0 Å². The molecule has 13 heavy (non-hydrogen) atoms. The molecule has 4 N–H and O–H groups in total. The standard InChI is InChI=1S/C6H5NO2S.ClH.H4N2/c8-10(9)7-6-4-2-1-3-5-6;;1-2/h1-5H;1H;1-2H2. The van der Waals surface area contributed by atoms with Crippen LogP contribution in [0.3, 0.4) is 0 Å². The second-order valence-corrected chi connectivity index (χ2v) is 2.26. The van der Waals surface area contributed by atoms with Crippen molar-refractivity contribution in [1.82, 2.24) is 0 Å². The number of nitrogens with two attached hydrogens (primary N) is 2. The summed E-state index contributed by atoms with van der Waals surface area (Å²) in [7, 11) is -2.34. The molecular weight excluding hydrogens is 214 g/mol. The van der Waals surface area contributed by atoms with E-state index >= 15 is 0 Å². The molecule has 1 aromatic carbocycles. The summed E-state index contributed by atoms with van der Waals surface area (Å²) >= 11 is 0. The van der Waals surface area contributed by atoms with Crippen molar-refractivity contribution in [1.29, 1.82) is 0 Å². The zero-order valence-electron chi connectivity index (χ0n) is 6.62. The molecule has 0 radical (unpaired) electrons. The van der Waals surface area contributed by atoms with Crippen molar-refractivity contribution in [2.45, 2.75) is 0 Å². The molecule has 0 saturated carbocycles. The molecule has 74 valence electrons. The number of hydrazine groups is 1. The van der Waals surface area contributed by atoms with E-state index in [-0.39, 0.29) is 12.4 Å². The first-order valence-corrected chi connectivity index (χ1v) is 4.02. The van der Waals surface area contributed by atoms with Crippen molar-refractivity contribution < 1.29 is 8.42 Å². The fraction of sp³-hybridized carbons (Fsp3) is 0. The smallest absolute Gasteiger partial charge is 0.274 e. The van der Waals surface area contributed by atoms with Gasteiger partial charge in [0.25, 0.3) is 0 Å². The minimum Gasteiger partial charge on any atom is -0.274 e. The van der Waals surface area contributed by atoms with E-state index in [0.29, 0.717) is 5.69 Å². The van der Waals surface area contributed by atoms with Crippen LogP contribution in [0.25, 0.3) is 0 Å². The number of halogens is 1. The Bertz CT molecular complexity index is 330. The van der Waals surface area contributed by atoms with Gasteiger partial charge < -0.3 is 0 Å². The van der Waals surface area contributed by atoms with Gasteiger partial charge >= 0.3 is 10.5 Å². The number of hydrogen-bond donors (Lipinski definition) is 2. The minimum atomic E-state index is -2.34. The summed E-state index contributed by atoms with van der Waals surface area (Å²) in [4.78, 5) is 0. The fourth-order valence-electron chi connectivity index (χ4n) is 0.575. The molecule has 0 unspecified atom stereocenters. The van der Waals surface area contributed by atoms with Gasteiger partial charge in [0.15, 0.2) is 0 Å². The Balaban J connectivity index is 0. The van der Waals surface area contributed by atoms with E-state index in [1.165, 1.54) is 0 Å². The first-order chi connectivity index (χ1) is 5.79. The third-order valence-electron chi connectivity index (χ3n) is 0.936. The maximum Gasteiger partial charge on any atom is 0.316 e. The third-order valence-corrected chi connectivity index (χ3v) is 1.30. The van der Waals surface area contributed by atoms with Gasteiger partial charge in [-0.15, -0.1) is 16.8 Å². The van der Waals surface area contributed by atoms with Crippen LogP contribution in [0.2, 0.25) is 0 Å². The number of nitrogens with zero attached hydrogens (tertiary/aromatic N) is 1. The predicted molar refractivity (Wildman–Crippen MR) is 53.1 cm³/mol. The van der Waals surface area contributed by atoms with E-state index in [4.69, 9.17) is 0 Å². The normalized spacial score (nSPS) is 7.23. The lowest BCUT2D eigenvalue weighted by Crippen LogP contribution is -2.02. The molecule has 0 aliphatic carbocycles. The molecule has 0 spiro atoms. The van der Waals surface area contributed by atoms with E-state index in [1.807, 2.05) is 0 Å². The highest BCUT2D eigenvalue weighted by molar-refractivity contribution is 7.61. The van der Waals surface area contributed by atoms with Crippen molar-refractivity contribution in [3.05, 3.63) is 30.3 Å². The zero-order chi connectivity index (χ0) is 9.40. The van der Waals surface area contributed by atoms with Gasteiger partial charge in [-0.3, -0.25) is 11.7 Å². The molecule has 0 saturated heterocycles. The molecule has 0 amide bonds. The van der Waals surface area contributed by atoms with Crippen LogP contribution in [-0.2, 0) is 10.5 Å². The van der Waals surface area contributed by atoms with Crippen molar-refractivity contribution >= 4 is 28.6 Å². The number of benzene rings is 1. The molecule has 1 aromatic rings. The maximum atomic E-state index is 10.0. The Kier molecular flexibility index (Phi) is 10.2. The van der Waals surface area contributed by atoms with E-state index in [9.17, 15) is 8.42 Å². The van der Waals surface area contributed by atoms with Crippen molar-refractivity contribution in [3.63, 3.8) is 0 Å². The Hall–Kier alpha value is -0.950. The van der Waals surface area contributed by atoms with E-state index in [0.717, 1.165) is 0 Å². The third kappa shape index (κ3) is 7.41. The van der Waals surface area contributed by atoms with Crippen LogP contribution in [0.4, 0.5) is 5.69 Å². The fourth-order valence-corrected chi connectivity index (χ4v) is 0.869. The molecule has 0 atom stereocenters. The summed E-state index contributed by atoms with van der Waals surface area (Å²) in [6, 6.07) is 8.50. The van der Waals surface area contributed by atoms with Crippen LogP contribution in [0, 0.1) is 0 Å². The Morgan fingerprint density at radius 3 is 1.92 bits per heavy atom. The van der Waals surface area contributed by atoms with Gasteiger partial charge in [0.1, 0.15) is 0 Å². The summed E-state index contributed by atoms with van der Waals surface area (Å²) < 4.78 is 23.3. The van der Waals surface area contributed by atoms with Crippen LogP contribution in [-0.4, -0.2) is 8.42 Å².